The minimum absolute atomic E-state index is 0.142. The van der Waals surface area contributed by atoms with E-state index in [2.05, 4.69) is 5.32 Å². The Morgan fingerprint density at radius 2 is 1.62 bits per heavy atom. The molecule has 1 heterocycles. The monoisotopic (exact) mass is 416 g/mol. The molecule has 0 atom stereocenters. The van der Waals surface area contributed by atoms with Crippen molar-refractivity contribution in [2.75, 3.05) is 19.6 Å². The van der Waals surface area contributed by atoms with Crippen LogP contribution in [0, 0.1) is 23.2 Å². The highest BCUT2D eigenvalue weighted by atomic mass is 32.2. The highest BCUT2D eigenvalue weighted by Gasteiger charge is 2.50. The van der Waals surface area contributed by atoms with E-state index in [9.17, 15) is 13.2 Å². The molecule has 6 rings (SSSR count). The fourth-order valence-electron chi connectivity index (χ4n) is 6.93. The number of piperidine rings is 1. The topological polar surface area (TPSA) is 66.5 Å². The largest absolute Gasteiger partial charge is 0.351 e. The Morgan fingerprint density at radius 3 is 2.24 bits per heavy atom. The predicted molar refractivity (Wildman–Crippen MR) is 112 cm³/mol. The quantitative estimate of drug-likeness (QED) is 0.794. The van der Waals surface area contributed by atoms with Gasteiger partial charge in [0.25, 0.3) is 5.91 Å². The molecule has 0 aromatic heterocycles. The number of hydrogen-bond donors (Lipinski definition) is 1. The van der Waals surface area contributed by atoms with Crippen LogP contribution in [-0.4, -0.2) is 38.3 Å². The van der Waals surface area contributed by atoms with Gasteiger partial charge < -0.3 is 5.32 Å². The number of nitrogens with zero attached hydrogens (tertiary/aromatic N) is 1. The molecule has 4 bridgehead atoms. The average Bonchev–Trinajstić information content (AvgIpc) is 2.72. The van der Waals surface area contributed by atoms with Gasteiger partial charge in [-0.25, -0.2) is 8.42 Å². The van der Waals surface area contributed by atoms with Gasteiger partial charge in [-0.1, -0.05) is 12.5 Å². The summed E-state index contributed by atoms with van der Waals surface area (Å²) in [4.78, 5) is 13.1. The standard InChI is InChI=1S/C23H32N2O3S/c26-22(24-16-23-13-17-9-18(14-23)11-19(10-17)15-23)20-5-4-6-21(12-20)29(27,28)25-7-2-1-3-8-25/h4-6,12,17-19H,1-3,7-11,13-16H2,(H,24,26). The van der Waals surface area contributed by atoms with Crippen LogP contribution in [0.1, 0.15) is 68.1 Å². The first-order chi connectivity index (χ1) is 13.9. The highest BCUT2D eigenvalue weighted by Crippen LogP contribution is 2.59. The molecular formula is C23H32N2O3S. The van der Waals surface area contributed by atoms with Crippen LogP contribution in [0.5, 0.6) is 0 Å². The smallest absolute Gasteiger partial charge is 0.251 e. The van der Waals surface area contributed by atoms with Crippen molar-refractivity contribution in [3.05, 3.63) is 29.8 Å². The van der Waals surface area contributed by atoms with E-state index in [4.69, 9.17) is 0 Å². The Balaban J connectivity index is 1.28. The number of carbonyl (C=O) groups is 1. The van der Waals surface area contributed by atoms with Gasteiger partial charge in [-0.05, 0) is 92.7 Å². The van der Waals surface area contributed by atoms with Crippen LogP contribution in [0.3, 0.4) is 0 Å². The van der Waals surface area contributed by atoms with E-state index in [0.29, 0.717) is 18.7 Å². The number of nitrogens with one attached hydrogen (secondary N) is 1. The summed E-state index contributed by atoms with van der Waals surface area (Å²) in [6.07, 6.45) is 10.8. The van der Waals surface area contributed by atoms with Crippen molar-refractivity contribution in [3.63, 3.8) is 0 Å². The first-order valence-electron chi connectivity index (χ1n) is 11.3. The maximum Gasteiger partial charge on any atom is 0.251 e. The van der Waals surface area contributed by atoms with Gasteiger partial charge in [0.05, 0.1) is 4.90 Å². The van der Waals surface area contributed by atoms with Gasteiger partial charge in [-0.15, -0.1) is 0 Å². The number of sulfonamides is 1. The van der Waals surface area contributed by atoms with Gasteiger partial charge in [-0.3, -0.25) is 4.79 Å². The second kappa shape index (κ2) is 7.38. The third-order valence-corrected chi connectivity index (χ3v) is 9.73. The second-order valence-corrected chi connectivity index (χ2v) is 12.0. The number of amides is 1. The van der Waals surface area contributed by atoms with E-state index in [0.717, 1.165) is 43.6 Å². The molecule has 4 aliphatic carbocycles. The van der Waals surface area contributed by atoms with E-state index in [1.54, 1.807) is 28.6 Å². The molecule has 1 aromatic rings. The van der Waals surface area contributed by atoms with Gasteiger partial charge in [0.1, 0.15) is 0 Å². The molecule has 6 heteroatoms. The first kappa shape index (κ1) is 19.6. The zero-order valence-electron chi connectivity index (χ0n) is 17.1. The van der Waals surface area contributed by atoms with Crippen LogP contribution in [-0.2, 0) is 10.0 Å². The summed E-state index contributed by atoms with van der Waals surface area (Å²) in [6.45, 7) is 1.88. The van der Waals surface area contributed by atoms with Crippen molar-refractivity contribution < 1.29 is 13.2 Å². The molecule has 1 amide bonds. The van der Waals surface area contributed by atoms with Crippen LogP contribution in [0.2, 0.25) is 0 Å². The Bertz CT molecular complexity index is 854. The minimum atomic E-state index is -3.52. The molecule has 1 aromatic carbocycles. The summed E-state index contributed by atoms with van der Waals surface area (Å²) in [5.74, 6) is 2.43. The molecule has 1 N–H and O–H groups in total. The number of rotatable bonds is 5. The van der Waals surface area contributed by atoms with E-state index < -0.39 is 10.0 Å². The summed E-state index contributed by atoms with van der Waals surface area (Å²) >= 11 is 0. The molecular weight excluding hydrogens is 384 g/mol. The minimum Gasteiger partial charge on any atom is -0.351 e. The summed E-state index contributed by atoms with van der Waals surface area (Å²) in [7, 11) is -3.52. The van der Waals surface area contributed by atoms with Crippen LogP contribution in [0.4, 0.5) is 0 Å². The Morgan fingerprint density at radius 1 is 1.00 bits per heavy atom. The Kier molecular flexibility index (Phi) is 4.98. The molecule has 5 aliphatic rings. The van der Waals surface area contributed by atoms with Crippen LogP contribution in [0.15, 0.2) is 29.2 Å². The van der Waals surface area contributed by atoms with E-state index in [1.807, 2.05) is 0 Å². The molecule has 4 saturated carbocycles. The number of carbonyl (C=O) groups excluding carboxylic acids is 1. The molecule has 5 fully saturated rings. The highest BCUT2D eigenvalue weighted by molar-refractivity contribution is 7.89. The lowest BCUT2D eigenvalue weighted by atomic mass is 9.49. The summed E-state index contributed by atoms with van der Waals surface area (Å²) in [5.41, 5.74) is 0.731. The summed E-state index contributed by atoms with van der Waals surface area (Å²) < 4.78 is 27.4. The first-order valence-corrected chi connectivity index (χ1v) is 12.8. The van der Waals surface area contributed by atoms with Crippen molar-refractivity contribution in [2.45, 2.75) is 62.7 Å². The molecule has 0 unspecified atom stereocenters. The van der Waals surface area contributed by atoms with Crippen molar-refractivity contribution in [2.24, 2.45) is 23.2 Å². The van der Waals surface area contributed by atoms with Gasteiger partial charge >= 0.3 is 0 Å². The molecule has 1 saturated heterocycles. The molecule has 158 valence electrons. The fourth-order valence-corrected chi connectivity index (χ4v) is 8.49. The molecule has 0 spiro atoms. The zero-order valence-corrected chi connectivity index (χ0v) is 17.9. The lowest BCUT2D eigenvalue weighted by molar-refractivity contribution is -0.0503. The molecule has 1 aliphatic heterocycles. The van der Waals surface area contributed by atoms with Crippen molar-refractivity contribution in [3.8, 4) is 0 Å². The maximum absolute atomic E-state index is 12.9. The van der Waals surface area contributed by atoms with Gasteiger partial charge in [0, 0.05) is 25.2 Å². The van der Waals surface area contributed by atoms with E-state index >= 15 is 0 Å². The van der Waals surface area contributed by atoms with Gasteiger partial charge in [-0.2, -0.15) is 4.31 Å². The Hall–Kier alpha value is -1.40. The van der Waals surface area contributed by atoms with E-state index in [-0.39, 0.29) is 16.2 Å². The van der Waals surface area contributed by atoms with Crippen LogP contribution < -0.4 is 5.32 Å². The summed E-state index contributed by atoms with van der Waals surface area (Å²) in [6, 6.07) is 6.58. The maximum atomic E-state index is 12.9. The molecule has 5 nitrogen and oxygen atoms in total. The summed E-state index contributed by atoms with van der Waals surface area (Å²) in [5, 5.41) is 3.17. The second-order valence-electron chi connectivity index (χ2n) is 10.1. The third kappa shape index (κ3) is 3.74. The average molecular weight is 417 g/mol. The van der Waals surface area contributed by atoms with Gasteiger partial charge in [0.2, 0.25) is 10.0 Å². The predicted octanol–water partition coefficient (Wildman–Crippen LogP) is 3.81. The van der Waals surface area contributed by atoms with E-state index in [1.165, 1.54) is 38.5 Å². The van der Waals surface area contributed by atoms with Gasteiger partial charge in [0.15, 0.2) is 0 Å². The fraction of sp³-hybridized carbons (Fsp3) is 0.696. The molecule has 29 heavy (non-hydrogen) atoms. The third-order valence-electron chi connectivity index (χ3n) is 7.84. The SMILES string of the molecule is O=C(NCC12CC3CC(CC(C3)C1)C2)c1cccc(S(=O)(=O)N2CCCCC2)c1. The van der Waals surface area contributed by atoms with Crippen molar-refractivity contribution in [1.82, 2.24) is 9.62 Å². The van der Waals surface area contributed by atoms with Crippen LogP contribution in [0.25, 0.3) is 0 Å². The molecule has 0 radical (unpaired) electrons. The lowest BCUT2D eigenvalue weighted by Crippen LogP contribution is -2.51. The number of benzene rings is 1. The lowest BCUT2D eigenvalue weighted by Gasteiger charge is -2.56. The van der Waals surface area contributed by atoms with Crippen molar-refractivity contribution in [1.29, 1.82) is 0 Å². The normalized spacial score (nSPS) is 34.3. The van der Waals surface area contributed by atoms with Crippen LogP contribution >= 0.6 is 0 Å². The van der Waals surface area contributed by atoms with Crippen molar-refractivity contribution >= 4 is 15.9 Å². The Labute approximate surface area is 174 Å². The zero-order chi connectivity index (χ0) is 20.1. The number of hydrogen-bond acceptors (Lipinski definition) is 3.